The summed E-state index contributed by atoms with van der Waals surface area (Å²) in [5.74, 6) is 0.685. The second kappa shape index (κ2) is 5.59. The Morgan fingerprint density at radius 1 is 1.09 bits per heavy atom. The van der Waals surface area contributed by atoms with Gasteiger partial charge in [0.1, 0.15) is 17.2 Å². The molecule has 0 saturated carbocycles. The highest BCUT2D eigenvalue weighted by atomic mass is 32.2. The smallest absolute Gasteiger partial charge is 0.231 e. The van der Waals surface area contributed by atoms with E-state index in [4.69, 9.17) is 0 Å². The largest absolute Gasteiger partial charge is 0.511 e. The third-order valence-corrected chi connectivity index (χ3v) is 4.79. The van der Waals surface area contributed by atoms with E-state index in [1.165, 1.54) is 0 Å². The minimum absolute atomic E-state index is 0.126. The average molecular weight is 322 g/mol. The molecule has 23 heavy (non-hydrogen) atoms. The number of allylic oxidation sites excluding steroid dienone is 1. The van der Waals surface area contributed by atoms with Gasteiger partial charge in [-0.1, -0.05) is 30.3 Å². The van der Waals surface area contributed by atoms with E-state index < -0.39 is 0 Å². The van der Waals surface area contributed by atoms with Gasteiger partial charge in [-0.05, 0) is 36.0 Å². The van der Waals surface area contributed by atoms with Gasteiger partial charge in [0.05, 0.1) is 11.0 Å². The van der Waals surface area contributed by atoms with E-state index in [1.807, 2.05) is 59.2 Å². The predicted molar refractivity (Wildman–Crippen MR) is 91.2 cm³/mol. The Labute approximate surface area is 137 Å². The zero-order valence-corrected chi connectivity index (χ0v) is 13.1. The SMILES string of the molecule is O=C(Sc1ccccc1)C1=C(O)CCn2c1nc1ccccc12. The summed E-state index contributed by atoms with van der Waals surface area (Å²) in [6.07, 6.45) is 0.448. The Morgan fingerprint density at radius 2 is 1.83 bits per heavy atom. The molecule has 4 rings (SSSR count). The Kier molecular flexibility index (Phi) is 3.42. The number of aromatic nitrogens is 2. The van der Waals surface area contributed by atoms with Crippen LogP contribution in [0.15, 0.2) is 65.3 Å². The van der Waals surface area contributed by atoms with Crippen molar-refractivity contribution in [2.75, 3.05) is 0 Å². The number of fused-ring (bicyclic) bond motifs is 3. The van der Waals surface area contributed by atoms with E-state index in [0.29, 0.717) is 24.4 Å². The van der Waals surface area contributed by atoms with Crippen LogP contribution in [0.3, 0.4) is 0 Å². The predicted octanol–water partition coefficient (Wildman–Crippen LogP) is 4.03. The van der Waals surface area contributed by atoms with Crippen molar-refractivity contribution in [3.8, 4) is 0 Å². The van der Waals surface area contributed by atoms with Gasteiger partial charge in [-0.15, -0.1) is 0 Å². The molecule has 1 N–H and O–H groups in total. The van der Waals surface area contributed by atoms with Crippen LogP contribution in [0.1, 0.15) is 12.2 Å². The number of hydrogen-bond acceptors (Lipinski definition) is 4. The lowest BCUT2D eigenvalue weighted by molar-refractivity contribution is -0.106. The van der Waals surface area contributed by atoms with Crippen LogP contribution in [0.25, 0.3) is 16.6 Å². The first kappa shape index (κ1) is 14.1. The number of hydrogen-bond donors (Lipinski definition) is 1. The summed E-state index contributed by atoms with van der Waals surface area (Å²) >= 11 is 1.12. The van der Waals surface area contributed by atoms with Crippen LogP contribution in [0, 0.1) is 0 Å². The third kappa shape index (κ3) is 2.43. The third-order valence-electron chi connectivity index (χ3n) is 3.90. The second-order valence-corrected chi connectivity index (χ2v) is 6.40. The van der Waals surface area contributed by atoms with Crippen LogP contribution >= 0.6 is 11.8 Å². The molecule has 0 bridgehead atoms. The zero-order valence-electron chi connectivity index (χ0n) is 12.3. The molecule has 3 aromatic rings. The number of carbonyl (C=O) groups is 1. The number of aliphatic hydroxyl groups is 1. The second-order valence-electron chi connectivity index (χ2n) is 5.35. The van der Waals surface area contributed by atoms with Gasteiger partial charge in [0.15, 0.2) is 0 Å². The van der Waals surface area contributed by atoms with Gasteiger partial charge in [0.25, 0.3) is 0 Å². The number of aliphatic hydroxyl groups excluding tert-OH is 1. The van der Waals surface area contributed by atoms with Crippen LogP contribution in [0.2, 0.25) is 0 Å². The fourth-order valence-electron chi connectivity index (χ4n) is 2.82. The number of para-hydroxylation sites is 2. The molecule has 1 aliphatic rings. The molecule has 5 heteroatoms. The van der Waals surface area contributed by atoms with Gasteiger partial charge in [0, 0.05) is 17.9 Å². The van der Waals surface area contributed by atoms with Crippen molar-refractivity contribution < 1.29 is 9.90 Å². The van der Waals surface area contributed by atoms with Gasteiger partial charge >= 0.3 is 0 Å². The van der Waals surface area contributed by atoms with Crippen molar-refractivity contribution in [1.29, 1.82) is 0 Å². The van der Waals surface area contributed by atoms with Gasteiger partial charge < -0.3 is 9.67 Å². The average Bonchev–Trinajstić information content (AvgIpc) is 2.93. The maximum atomic E-state index is 12.7. The van der Waals surface area contributed by atoms with Crippen molar-refractivity contribution in [1.82, 2.24) is 9.55 Å². The van der Waals surface area contributed by atoms with Crippen LogP contribution in [-0.2, 0) is 11.3 Å². The van der Waals surface area contributed by atoms with Crippen molar-refractivity contribution in [2.24, 2.45) is 0 Å². The van der Waals surface area contributed by atoms with Gasteiger partial charge in [-0.3, -0.25) is 4.79 Å². The van der Waals surface area contributed by atoms with Crippen LogP contribution in [-0.4, -0.2) is 19.8 Å². The van der Waals surface area contributed by atoms with E-state index in [9.17, 15) is 9.90 Å². The number of benzene rings is 2. The molecule has 2 aromatic carbocycles. The fraction of sp³-hybridized carbons (Fsp3) is 0.111. The minimum atomic E-state index is -0.176. The molecule has 0 saturated heterocycles. The molecule has 1 aromatic heterocycles. The van der Waals surface area contributed by atoms with Crippen molar-refractivity contribution >= 4 is 33.5 Å². The standard InChI is InChI=1S/C18H14N2O2S/c21-15-10-11-20-14-9-5-4-8-13(14)19-17(20)16(15)18(22)23-12-6-2-1-3-7-12/h1-9,21H,10-11H2. The summed E-state index contributed by atoms with van der Waals surface area (Å²) < 4.78 is 2.01. The molecule has 0 amide bonds. The summed E-state index contributed by atoms with van der Waals surface area (Å²) in [5, 5.41) is 10.1. The number of aryl methyl sites for hydroxylation is 1. The highest BCUT2D eigenvalue weighted by Gasteiger charge is 2.28. The summed E-state index contributed by atoms with van der Waals surface area (Å²) in [7, 11) is 0. The quantitative estimate of drug-likeness (QED) is 0.724. The number of carbonyl (C=O) groups excluding carboxylic acids is 1. The zero-order chi connectivity index (χ0) is 15.8. The molecular weight excluding hydrogens is 308 g/mol. The van der Waals surface area contributed by atoms with Crippen molar-refractivity contribution in [2.45, 2.75) is 17.9 Å². The lowest BCUT2D eigenvalue weighted by atomic mass is 10.1. The Morgan fingerprint density at radius 3 is 2.65 bits per heavy atom. The van der Waals surface area contributed by atoms with Gasteiger partial charge in [-0.25, -0.2) is 4.98 Å². The Balaban J connectivity index is 1.78. The number of imidazole rings is 1. The molecular formula is C18H14N2O2S. The lowest BCUT2D eigenvalue weighted by Crippen LogP contribution is -2.15. The first-order chi connectivity index (χ1) is 11.2. The summed E-state index contributed by atoms with van der Waals surface area (Å²) in [5.41, 5.74) is 2.15. The topological polar surface area (TPSA) is 55.1 Å². The van der Waals surface area contributed by atoms with Crippen LogP contribution < -0.4 is 0 Å². The fourth-order valence-corrected chi connectivity index (χ4v) is 3.64. The molecule has 114 valence electrons. The molecule has 0 unspecified atom stereocenters. The van der Waals surface area contributed by atoms with E-state index >= 15 is 0 Å². The molecule has 0 radical (unpaired) electrons. The highest BCUT2D eigenvalue weighted by molar-refractivity contribution is 8.14. The lowest BCUT2D eigenvalue weighted by Gasteiger charge is -2.17. The molecule has 0 fully saturated rings. The van der Waals surface area contributed by atoms with Crippen molar-refractivity contribution in [3.05, 3.63) is 66.2 Å². The first-order valence-electron chi connectivity index (χ1n) is 7.39. The Bertz CT molecular complexity index is 929. The molecule has 0 atom stereocenters. The highest BCUT2D eigenvalue weighted by Crippen LogP contribution is 2.34. The van der Waals surface area contributed by atoms with E-state index in [0.717, 1.165) is 27.7 Å². The molecule has 4 nitrogen and oxygen atoms in total. The molecule has 1 aliphatic heterocycles. The number of nitrogens with zero attached hydrogens (tertiary/aromatic N) is 2. The minimum Gasteiger partial charge on any atom is -0.511 e. The number of rotatable bonds is 2. The van der Waals surface area contributed by atoms with E-state index in [1.54, 1.807) is 0 Å². The van der Waals surface area contributed by atoms with E-state index in [2.05, 4.69) is 4.98 Å². The van der Waals surface area contributed by atoms with Gasteiger partial charge in [-0.2, -0.15) is 0 Å². The molecule has 0 aliphatic carbocycles. The summed E-state index contributed by atoms with van der Waals surface area (Å²) in [6, 6.07) is 17.2. The Hall–Kier alpha value is -2.53. The molecule has 2 heterocycles. The van der Waals surface area contributed by atoms with E-state index in [-0.39, 0.29) is 10.9 Å². The maximum absolute atomic E-state index is 12.7. The normalized spacial score (nSPS) is 14.1. The maximum Gasteiger partial charge on any atom is 0.231 e. The molecule has 0 spiro atoms. The monoisotopic (exact) mass is 322 g/mol. The summed E-state index contributed by atoms with van der Waals surface area (Å²) in [6.45, 7) is 0.633. The summed E-state index contributed by atoms with van der Waals surface area (Å²) in [4.78, 5) is 18.1. The van der Waals surface area contributed by atoms with Gasteiger partial charge in [0.2, 0.25) is 5.12 Å². The van der Waals surface area contributed by atoms with Crippen LogP contribution in [0.5, 0.6) is 0 Å². The first-order valence-corrected chi connectivity index (χ1v) is 8.20. The van der Waals surface area contributed by atoms with Crippen molar-refractivity contribution in [3.63, 3.8) is 0 Å². The number of thioether (sulfide) groups is 1. The van der Waals surface area contributed by atoms with Crippen LogP contribution in [0.4, 0.5) is 0 Å².